The Labute approximate surface area is 197 Å². The zero-order chi connectivity index (χ0) is 22.8. The minimum absolute atomic E-state index is 0. The van der Waals surface area contributed by atoms with Gasteiger partial charge in [0.1, 0.15) is 0 Å². The molecule has 1 unspecified atom stereocenters. The highest BCUT2D eigenvalue weighted by Gasteiger charge is 2.17. The summed E-state index contributed by atoms with van der Waals surface area (Å²) in [4.78, 5) is 2.47. The molecule has 172 valence electrons. The lowest BCUT2D eigenvalue weighted by molar-refractivity contribution is 0.767. The molecule has 0 spiro atoms. The van der Waals surface area contributed by atoms with E-state index in [1.807, 2.05) is 0 Å². The van der Waals surface area contributed by atoms with Crippen LogP contribution in [0.25, 0.3) is 0 Å². The molecular formula is C31H43N. The van der Waals surface area contributed by atoms with E-state index >= 15 is 0 Å². The summed E-state index contributed by atoms with van der Waals surface area (Å²) in [6.45, 7) is 17.2. The lowest BCUT2D eigenvalue weighted by Crippen LogP contribution is -2.21. The predicted molar refractivity (Wildman–Crippen MR) is 145 cm³/mol. The van der Waals surface area contributed by atoms with Gasteiger partial charge < -0.3 is 4.90 Å². The van der Waals surface area contributed by atoms with Crippen LogP contribution in [0.3, 0.4) is 0 Å². The minimum Gasteiger partial charge on any atom is -0.315 e. The van der Waals surface area contributed by atoms with Gasteiger partial charge in [0.2, 0.25) is 0 Å². The molecule has 0 fully saturated rings. The Morgan fingerprint density at radius 2 is 1.78 bits per heavy atom. The molecule has 32 heavy (non-hydrogen) atoms. The Kier molecular flexibility index (Phi) is 11.6. The zero-order valence-electron chi connectivity index (χ0n) is 20.1. The summed E-state index contributed by atoms with van der Waals surface area (Å²) in [7, 11) is 0. The predicted octanol–water partition coefficient (Wildman–Crippen LogP) is 9.44. The lowest BCUT2D eigenvalue weighted by Gasteiger charge is -2.29. The third kappa shape index (κ3) is 6.60. The number of allylic oxidation sites excluding steroid dienone is 5. The van der Waals surface area contributed by atoms with E-state index in [1.165, 1.54) is 39.3 Å². The van der Waals surface area contributed by atoms with Crippen molar-refractivity contribution in [1.29, 1.82) is 0 Å². The Hall–Kier alpha value is -2.80. The number of anilines is 1. The van der Waals surface area contributed by atoms with Crippen molar-refractivity contribution in [3.63, 3.8) is 0 Å². The molecule has 1 atom stereocenters. The van der Waals surface area contributed by atoms with Gasteiger partial charge in [0, 0.05) is 17.1 Å². The lowest BCUT2D eigenvalue weighted by atomic mass is 9.92. The van der Waals surface area contributed by atoms with Gasteiger partial charge >= 0.3 is 0 Å². The van der Waals surface area contributed by atoms with Gasteiger partial charge in [-0.05, 0) is 85.9 Å². The average molecular weight is 430 g/mol. The van der Waals surface area contributed by atoms with Crippen LogP contribution in [-0.4, -0.2) is 0 Å². The van der Waals surface area contributed by atoms with Crippen molar-refractivity contribution in [2.45, 2.75) is 73.6 Å². The molecule has 0 saturated heterocycles. The van der Waals surface area contributed by atoms with Crippen molar-refractivity contribution < 1.29 is 0 Å². The van der Waals surface area contributed by atoms with Crippen LogP contribution >= 0.6 is 0 Å². The summed E-state index contributed by atoms with van der Waals surface area (Å²) in [6.07, 6.45) is 13.5. The summed E-state index contributed by atoms with van der Waals surface area (Å²) in [5, 5.41) is 0. The topological polar surface area (TPSA) is 3.24 Å². The second-order valence-corrected chi connectivity index (χ2v) is 8.13. The van der Waals surface area contributed by atoms with Crippen LogP contribution in [0.2, 0.25) is 0 Å². The van der Waals surface area contributed by atoms with E-state index in [0.717, 1.165) is 25.7 Å². The molecule has 0 amide bonds. The molecule has 0 bridgehead atoms. The Morgan fingerprint density at radius 1 is 1.06 bits per heavy atom. The smallest absolute Gasteiger partial charge is 0.0460 e. The van der Waals surface area contributed by atoms with Gasteiger partial charge in [0.05, 0.1) is 0 Å². The van der Waals surface area contributed by atoms with Crippen molar-refractivity contribution in [3.05, 3.63) is 114 Å². The fourth-order valence-corrected chi connectivity index (χ4v) is 4.14. The molecule has 0 radical (unpaired) electrons. The van der Waals surface area contributed by atoms with E-state index in [9.17, 15) is 0 Å². The highest BCUT2D eigenvalue weighted by molar-refractivity contribution is 5.62. The van der Waals surface area contributed by atoms with E-state index in [2.05, 4.69) is 119 Å². The molecule has 3 rings (SSSR count). The SMILES string of the molecule is C.C=C.CC/C=C(\CC)N(C1=C/CC(C)c2ccccc2C/C=C\1)c1ccc(C)c(C)c1. The molecule has 1 aliphatic rings. The standard InChI is InChI=1S/C28H35N.C2H4.CH4/c1-6-11-25(7-2)29(27-19-16-21(3)23(5)20-27)26-14-10-13-24-12-8-9-15-28(24)22(4)17-18-26;1-2;/h8-12,14-16,18-20,22H,6-7,13,17H2,1-5H3;1-2H2;1H4/b14-10-,25-11+,26-18+;;. The number of nitrogens with zero attached hydrogens (tertiary/aromatic N) is 1. The number of aryl methyl sites for hydroxylation is 2. The largest absolute Gasteiger partial charge is 0.315 e. The molecule has 0 saturated carbocycles. The number of hydrogen-bond acceptors (Lipinski definition) is 1. The van der Waals surface area contributed by atoms with Crippen molar-refractivity contribution in [3.8, 4) is 0 Å². The van der Waals surface area contributed by atoms with E-state index in [1.54, 1.807) is 0 Å². The first-order valence-electron chi connectivity index (χ1n) is 11.6. The molecule has 0 aromatic heterocycles. The van der Waals surface area contributed by atoms with Gasteiger partial charge in [-0.15, -0.1) is 13.2 Å². The van der Waals surface area contributed by atoms with Crippen molar-refractivity contribution in [2.75, 3.05) is 4.90 Å². The Balaban J connectivity index is 0.00000166. The number of fused-ring (bicyclic) bond motifs is 1. The molecule has 0 N–H and O–H groups in total. The first-order chi connectivity index (χ1) is 15.0. The van der Waals surface area contributed by atoms with Crippen molar-refractivity contribution in [1.82, 2.24) is 0 Å². The molecule has 0 aliphatic heterocycles. The maximum absolute atomic E-state index is 3.00. The fourth-order valence-electron chi connectivity index (χ4n) is 4.14. The maximum atomic E-state index is 3.00. The highest BCUT2D eigenvalue weighted by atomic mass is 15.2. The fraction of sp³-hybridized carbons (Fsp3) is 0.355. The van der Waals surface area contributed by atoms with Crippen molar-refractivity contribution in [2.24, 2.45) is 0 Å². The summed E-state index contributed by atoms with van der Waals surface area (Å²) in [6, 6.07) is 15.7. The molecule has 1 heteroatoms. The molecule has 1 nitrogen and oxygen atoms in total. The first-order valence-corrected chi connectivity index (χ1v) is 11.6. The van der Waals surface area contributed by atoms with E-state index < -0.39 is 0 Å². The summed E-state index contributed by atoms with van der Waals surface area (Å²) in [5.41, 5.74) is 9.53. The zero-order valence-corrected chi connectivity index (χ0v) is 20.1. The first kappa shape index (κ1) is 27.2. The van der Waals surface area contributed by atoms with Crippen LogP contribution in [0.1, 0.15) is 75.6 Å². The summed E-state index contributed by atoms with van der Waals surface area (Å²) in [5.74, 6) is 0.517. The maximum Gasteiger partial charge on any atom is 0.0460 e. The molecule has 1 aliphatic carbocycles. The quantitative estimate of drug-likeness (QED) is 0.428. The van der Waals surface area contributed by atoms with Crippen LogP contribution < -0.4 is 4.90 Å². The van der Waals surface area contributed by atoms with Gasteiger partial charge in [-0.2, -0.15) is 0 Å². The van der Waals surface area contributed by atoms with Gasteiger partial charge in [-0.25, -0.2) is 0 Å². The summed E-state index contributed by atoms with van der Waals surface area (Å²) >= 11 is 0. The van der Waals surface area contributed by atoms with Crippen LogP contribution in [0.5, 0.6) is 0 Å². The third-order valence-corrected chi connectivity index (χ3v) is 5.99. The molecule has 2 aromatic carbocycles. The molecule has 2 aromatic rings. The van der Waals surface area contributed by atoms with Crippen LogP contribution in [0, 0.1) is 13.8 Å². The average Bonchev–Trinajstić information content (AvgIpc) is 2.87. The second-order valence-electron chi connectivity index (χ2n) is 8.13. The third-order valence-electron chi connectivity index (χ3n) is 5.99. The van der Waals surface area contributed by atoms with Gasteiger partial charge in [0.25, 0.3) is 0 Å². The van der Waals surface area contributed by atoms with Gasteiger partial charge in [-0.1, -0.05) is 76.8 Å². The van der Waals surface area contributed by atoms with Gasteiger partial charge in [0.15, 0.2) is 0 Å². The molecular weight excluding hydrogens is 386 g/mol. The van der Waals surface area contributed by atoms with Crippen LogP contribution in [-0.2, 0) is 6.42 Å². The molecule has 0 heterocycles. The number of rotatable bonds is 5. The van der Waals surface area contributed by atoms with E-state index in [4.69, 9.17) is 0 Å². The Bertz CT molecular complexity index is 945. The second kappa shape index (κ2) is 13.6. The highest BCUT2D eigenvalue weighted by Crippen LogP contribution is 2.32. The van der Waals surface area contributed by atoms with Crippen LogP contribution in [0.4, 0.5) is 5.69 Å². The number of benzene rings is 2. The number of hydrogen-bond donors (Lipinski definition) is 0. The summed E-state index contributed by atoms with van der Waals surface area (Å²) < 4.78 is 0. The Morgan fingerprint density at radius 3 is 2.44 bits per heavy atom. The van der Waals surface area contributed by atoms with E-state index in [-0.39, 0.29) is 7.43 Å². The van der Waals surface area contributed by atoms with Crippen molar-refractivity contribution >= 4 is 5.69 Å². The van der Waals surface area contributed by atoms with E-state index in [0.29, 0.717) is 5.92 Å². The monoisotopic (exact) mass is 429 g/mol. The minimum atomic E-state index is 0. The van der Waals surface area contributed by atoms with Gasteiger partial charge in [-0.3, -0.25) is 0 Å². The van der Waals surface area contributed by atoms with Crippen LogP contribution in [0.15, 0.2) is 91.3 Å². The normalized spacial score (nSPS) is 18.2.